The maximum atomic E-state index is 12.2. The van der Waals surface area contributed by atoms with Crippen LogP contribution in [0.25, 0.3) is 0 Å². The summed E-state index contributed by atoms with van der Waals surface area (Å²) in [5.41, 5.74) is 0.997. The zero-order valence-electron chi connectivity index (χ0n) is 13.8. The Bertz CT molecular complexity index is 875. The molecular formula is C16H19N3O4S2. The minimum atomic E-state index is -3.71. The van der Waals surface area contributed by atoms with E-state index in [1.54, 1.807) is 30.3 Å². The normalized spacial score (nSPS) is 11.1. The van der Waals surface area contributed by atoms with Crippen LogP contribution in [-0.4, -0.2) is 26.8 Å². The van der Waals surface area contributed by atoms with Gasteiger partial charge in [0, 0.05) is 23.2 Å². The van der Waals surface area contributed by atoms with Crippen LogP contribution in [0.15, 0.2) is 40.6 Å². The van der Waals surface area contributed by atoms with E-state index >= 15 is 0 Å². The molecule has 0 fully saturated rings. The molecule has 0 unspecified atom stereocenters. The second-order valence-corrected chi connectivity index (χ2v) is 8.37. The van der Waals surface area contributed by atoms with Gasteiger partial charge in [0.25, 0.3) is 10.0 Å². The van der Waals surface area contributed by atoms with Gasteiger partial charge in [-0.2, -0.15) is 0 Å². The molecule has 0 radical (unpaired) electrons. The van der Waals surface area contributed by atoms with E-state index in [2.05, 4.69) is 15.4 Å². The lowest BCUT2D eigenvalue weighted by Crippen LogP contribution is -2.32. The first-order chi connectivity index (χ1) is 11.8. The summed E-state index contributed by atoms with van der Waals surface area (Å²) in [5, 5.41) is 5.19. The highest BCUT2D eigenvalue weighted by molar-refractivity contribution is 7.91. The predicted molar refractivity (Wildman–Crippen MR) is 98.3 cm³/mol. The fourth-order valence-electron chi connectivity index (χ4n) is 2.01. The Balaban J connectivity index is 1.95. The lowest BCUT2D eigenvalue weighted by Gasteiger charge is -2.08. The molecule has 0 saturated heterocycles. The smallest absolute Gasteiger partial charge is 0.250 e. The molecule has 0 saturated carbocycles. The van der Waals surface area contributed by atoms with Gasteiger partial charge in [-0.25, -0.2) is 13.1 Å². The van der Waals surface area contributed by atoms with E-state index in [9.17, 15) is 18.0 Å². The van der Waals surface area contributed by atoms with Gasteiger partial charge in [-0.15, -0.1) is 11.3 Å². The minimum Gasteiger partial charge on any atom is -0.326 e. The third-order valence-corrected chi connectivity index (χ3v) is 6.26. The average Bonchev–Trinajstić information content (AvgIpc) is 3.03. The molecule has 0 spiro atoms. The number of aryl methyl sites for hydroxylation is 1. The zero-order valence-corrected chi connectivity index (χ0v) is 15.5. The number of amides is 2. The van der Waals surface area contributed by atoms with Crippen molar-refractivity contribution in [2.75, 3.05) is 17.2 Å². The van der Waals surface area contributed by atoms with Crippen molar-refractivity contribution in [3.05, 3.63) is 41.3 Å². The molecule has 1 aromatic heterocycles. The van der Waals surface area contributed by atoms with Crippen LogP contribution >= 0.6 is 11.3 Å². The number of anilines is 2. The number of hydrogen-bond acceptors (Lipinski definition) is 5. The SMILES string of the molecule is CCc1ccc(S(=O)(=O)NCC(=O)Nc2cccc(NC(C)=O)c2)s1. The molecule has 0 atom stereocenters. The van der Waals surface area contributed by atoms with Crippen molar-refractivity contribution in [3.63, 3.8) is 0 Å². The summed E-state index contributed by atoms with van der Waals surface area (Å²) in [6.45, 7) is 2.94. The van der Waals surface area contributed by atoms with Crippen molar-refractivity contribution in [3.8, 4) is 0 Å². The van der Waals surface area contributed by atoms with Gasteiger partial charge in [-0.3, -0.25) is 9.59 Å². The summed E-state index contributed by atoms with van der Waals surface area (Å²) in [5.74, 6) is -0.727. The molecule has 7 nitrogen and oxygen atoms in total. The van der Waals surface area contributed by atoms with Crippen LogP contribution in [0.1, 0.15) is 18.7 Å². The molecule has 9 heteroatoms. The van der Waals surface area contributed by atoms with Gasteiger partial charge in [0.1, 0.15) is 4.21 Å². The van der Waals surface area contributed by atoms with Crippen LogP contribution in [0, 0.1) is 0 Å². The number of nitrogens with one attached hydrogen (secondary N) is 3. The summed E-state index contributed by atoms with van der Waals surface area (Å²) in [4.78, 5) is 24.0. The molecule has 0 bridgehead atoms. The van der Waals surface area contributed by atoms with Crippen LogP contribution in [0.3, 0.4) is 0 Å². The van der Waals surface area contributed by atoms with Gasteiger partial charge in [0.05, 0.1) is 6.54 Å². The number of thiophene rings is 1. The molecule has 2 amide bonds. The van der Waals surface area contributed by atoms with Gasteiger partial charge < -0.3 is 10.6 Å². The van der Waals surface area contributed by atoms with Crippen LogP contribution < -0.4 is 15.4 Å². The zero-order chi connectivity index (χ0) is 18.4. The molecule has 25 heavy (non-hydrogen) atoms. The van der Waals surface area contributed by atoms with Crippen LogP contribution in [0.2, 0.25) is 0 Å². The first-order valence-electron chi connectivity index (χ1n) is 7.56. The molecule has 134 valence electrons. The topological polar surface area (TPSA) is 104 Å². The van der Waals surface area contributed by atoms with E-state index in [4.69, 9.17) is 0 Å². The van der Waals surface area contributed by atoms with Crippen LogP contribution in [0.5, 0.6) is 0 Å². The molecule has 1 heterocycles. The highest BCUT2D eigenvalue weighted by Gasteiger charge is 2.17. The molecule has 0 aliphatic carbocycles. The fraction of sp³-hybridized carbons (Fsp3) is 0.250. The van der Waals surface area contributed by atoms with Gasteiger partial charge in [0.15, 0.2) is 0 Å². The number of rotatable bonds is 7. The second kappa shape index (κ2) is 8.24. The summed E-state index contributed by atoms with van der Waals surface area (Å²) in [6.07, 6.45) is 0.755. The fourth-order valence-corrected chi connectivity index (χ4v) is 4.33. The molecule has 3 N–H and O–H groups in total. The summed E-state index contributed by atoms with van der Waals surface area (Å²) in [6, 6.07) is 9.86. The molecular weight excluding hydrogens is 362 g/mol. The van der Waals surface area contributed by atoms with Crippen LogP contribution in [-0.2, 0) is 26.0 Å². The summed E-state index contributed by atoms with van der Waals surface area (Å²) >= 11 is 1.18. The molecule has 0 aliphatic heterocycles. The molecule has 2 rings (SSSR count). The minimum absolute atomic E-state index is 0.185. The quantitative estimate of drug-likeness (QED) is 0.684. The maximum absolute atomic E-state index is 12.2. The van der Waals surface area contributed by atoms with Crippen molar-refractivity contribution in [1.29, 1.82) is 0 Å². The number of sulfonamides is 1. The van der Waals surface area contributed by atoms with E-state index in [0.29, 0.717) is 11.4 Å². The first kappa shape index (κ1) is 19.1. The highest BCUT2D eigenvalue weighted by Crippen LogP contribution is 2.21. The second-order valence-electron chi connectivity index (χ2n) is 5.21. The molecule has 1 aromatic carbocycles. The Morgan fingerprint density at radius 3 is 2.36 bits per heavy atom. The predicted octanol–water partition coefficient (Wildman–Crippen LogP) is 2.19. The van der Waals surface area contributed by atoms with E-state index in [-0.39, 0.29) is 16.7 Å². The lowest BCUT2D eigenvalue weighted by atomic mass is 10.2. The van der Waals surface area contributed by atoms with Gasteiger partial charge in [-0.1, -0.05) is 13.0 Å². The Hall–Kier alpha value is -2.23. The van der Waals surface area contributed by atoms with E-state index in [0.717, 1.165) is 11.3 Å². The summed E-state index contributed by atoms with van der Waals surface area (Å²) < 4.78 is 26.8. The standard InChI is InChI=1S/C16H19N3O4S2/c1-3-14-7-8-16(24-14)25(22,23)17-10-15(21)19-13-6-4-5-12(9-13)18-11(2)20/h4-9,17H,3,10H2,1-2H3,(H,18,20)(H,19,21). The van der Waals surface area contributed by atoms with Crippen molar-refractivity contribution >= 4 is 44.5 Å². The molecule has 2 aromatic rings. The van der Waals surface area contributed by atoms with Gasteiger partial charge in [0.2, 0.25) is 11.8 Å². The Morgan fingerprint density at radius 2 is 1.76 bits per heavy atom. The Labute approximate surface area is 150 Å². The monoisotopic (exact) mass is 381 g/mol. The van der Waals surface area contributed by atoms with Crippen LogP contribution in [0.4, 0.5) is 11.4 Å². The lowest BCUT2D eigenvalue weighted by molar-refractivity contribution is -0.115. The van der Waals surface area contributed by atoms with Gasteiger partial charge >= 0.3 is 0 Å². The molecule has 0 aliphatic rings. The third kappa shape index (κ3) is 5.66. The Morgan fingerprint density at radius 1 is 1.08 bits per heavy atom. The third-order valence-electron chi connectivity index (χ3n) is 3.14. The van der Waals surface area contributed by atoms with Crippen molar-refractivity contribution in [2.45, 2.75) is 24.5 Å². The largest absolute Gasteiger partial charge is 0.326 e. The number of carbonyl (C=O) groups excluding carboxylic acids is 2. The van der Waals surface area contributed by atoms with Crippen molar-refractivity contribution in [2.24, 2.45) is 0 Å². The van der Waals surface area contributed by atoms with E-state index in [1.165, 1.54) is 24.3 Å². The van der Waals surface area contributed by atoms with Gasteiger partial charge in [-0.05, 0) is 36.8 Å². The van der Waals surface area contributed by atoms with Crippen molar-refractivity contribution in [1.82, 2.24) is 4.72 Å². The number of hydrogen-bond donors (Lipinski definition) is 3. The first-order valence-corrected chi connectivity index (χ1v) is 9.86. The van der Waals surface area contributed by atoms with E-state index < -0.39 is 15.9 Å². The number of benzene rings is 1. The highest BCUT2D eigenvalue weighted by atomic mass is 32.2. The average molecular weight is 381 g/mol. The van der Waals surface area contributed by atoms with Crippen molar-refractivity contribution < 1.29 is 18.0 Å². The Kier molecular flexibility index (Phi) is 6.29. The van der Waals surface area contributed by atoms with E-state index in [1.807, 2.05) is 6.92 Å². The number of carbonyl (C=O) groups is 2. The summed E-state index contributed by atoms with van der Waals surface area (Å²) in [7, 11) is -3.71. The maximum Gasteiger partial charge on any atom is 0.250 e.